The first-order chi connectivity index (χ1) is 12.5. The number of aromatic nitrogens is 3. The lowest BCUT2D eigenvalue weighted by atomic mass is 9.96. The molecule has 1 fully saturated rings. The van der Waals surface area contributed by atoms with E-state index in [-0.39, 0.29) is 5.91 Å². The number of rotatable bonds is 3. The second-order valence-corrected chi connectivity index (χ2v) is 7.59. The summed E-state index contributed by atoms with van der Waals surface area (Å²) in [5, 5.41) is 18.6. The summed E-state index contributed by atoms with van der Waals surface area (Å²) in [5.41, 5.74) is 0.560. The number of hydrogen-bond acceptors (Lipinski definition) is 5. The number of carbonyl (C=O) groups is 1. The Hall–Kier alpha value is -2.25. The van der Waals surface area contributed by atoms with Gasteiger partial charge in [0, 0.05) is 32.5 Å². The van der Waals surface area contributed by atoms with Crippen molar-refractivity contribution in [1.29, 1.82) is 0 Å². The van der Waals surface area contributed by atoms with Crippen molar-refractivity contribution in [2.24, 2.45) is 0 Å². The molecule has 2 aliphatic rings. The number of likely N-dealkylation sites (N-methyl/N-ethyl adjacent to an activating group) is 1. The van der Waals surface area contributed by atoms with Gasteiger partial charge in [-0.3, -0.25) is 9.69 Å². The van der Waals surface area contributed by atoms with Crippen molar-refractivity contribution in [2.45, 2.75) is 44.5 Å². The van der Waals surface area contributed by atoms with Crippen LogP contribution in [0.4, 0.5) is 0 Å². The zero-order valence-corrected chi connectivity index (χ0v) is 15.3. The van der Waals surface area contributed by atoms with E-state index in [1.165, 1.54) is 5.56 Å². The molecule has 4 rings (SSSR count). The average molecular weight is 355 g/mol. The highest BCUT2D eigenvalue weighted by atomic mass is 16.3. The lowest BCUT2D eigenvalue weighted by molar-refractivity contribution is -0.143. The SMILES string of the molecule is CN1CC(O)CC1(C)C(=O)N1CCn2c(Cc3ccccc3)nnc2C1. The van der Waals surface area contributed by atoms with Crippen molar-refractivity contribution in [2.75, 3.05) is 20.1 Å². The van der Waals surface area contributed by atoms with Crippen molar-refractivity contribution in [1.82, 2.24) is 24.6 Å². The van der Waals surface area contributed by atoms with Crippen molar-refractivity contribution in [3.63, 3.8) is 0 Å². The number of aliphatic hydroxyl groups excluding tert-OH is 1. The van der Waals surface area contributed by atoms with Crippen LogP contribution in [0.1, 0.15) is 30.6 Å². The van der Waals surface area contributed by atoms with Gasteiger partial charge in [-0.05, 0) is 19.5 Å². The van der Waals surface area contributed by atoms with Crippen LogP contribution in [0.2, 0.25) is 0 Å². The van der Waals surface area contributed by atoms with Crippen LogP contribution in [0.3, 0.4) is 0 Å². The summed E-state index contributed by atoms with van der Waals surface area (Å²) < 4.78 is 2.13. The molecule has 26 heavy (non-hydrogen) atoms. The normalized spacial score (nSPS) is 26.1. The zero-order valence-electron chi connectivity index (χ0n) is 15.3. The Bertz CT molecular complexity index is 806. The van der Waals surface area contributed by atoms with Gasteiger partial charge in [0.25, 0.3) is 0 Å². The Morgan fingerprint density at radius 3 is 2.73 bits per heavy atom. The van der Waals surface area contributed by atoms with E-state index >= 15 is 0 Å². The molecule has 0 bridgehead atoms. The smallest absolute Gasteiger partial charge is 0.243 e. The third-order valence-electron chi connectivity index (χ3n) is 5.74. The van der Waals surface area contributed by atoms with Gasteiger partial charge in [0.15, 0.2) is 5.82 Å². The molecule has 1 aromatic heterocycles. The molecular formula is C19H25N5O2. The molecule has 1 aromatic carbocycles. The molecule has 3 heterocycles. The fraction of sp³-hybridized carbons (Fsp3) is 0.526. The Balaban J connectivity index is 1.50. The predicted octanol–water partition coefficient (Wildman–Crippen LogP) is 0.666. The molecule has 2 atom stereocenters. The van der Waals surface area contributed by atoms with Gasteiger partial charge in [-0.25, -0.2) is 0 Å². The second kappa shape index (κ2) is 6.48. The largest absolute Gasteiger partial charge is 0.392 e. The maximum absolute atomic E-state index is 13.1. The van der Waals surface area contributed by atoms with Gasteiger partial charge in [-0.15, -0.1) is 10.2 Å². The van der Waals surface area contributed by atoms with Gasteiger partial charge in [0.05, 0.1) is 12.6 Å². The molecular weight excluding hydrogens is 330 g/mol. The van der Waals surface area contributed by atoms with Crippen molar-refractivity contribution in [3.05, 3.63) is 47.5 Å². The van der Waals surface area contributed by atoms with Crippen molar-refractivity contribution in [3.8, 4) is 0 Å². The Morgan fingerprint density at radius 2 is 2.04 bits per heavy atom. The first kappa shape index (κ1) is 17.2. The van der Waals surface area contributed by atoms with E-state index in [0.29, 0.717) is 32.6 Å². The zero-order chi connectivity index (χ0) is 18.3. The standard InChI is InChI=1S/C19H25N5O2/c1-19(11-15(25)12-22(19)2)18(26)23-8-9-24-16(20-21-17(24)13-23)10-14-6-4-3-5-7-14/h3-7,15,25H,8-13H2,1-2H3. The van der Waals surface area contributed by atoms with Crippen molar-refractivity contribution >= 4 is 5.91 Å². The Kier molecular flexibility index (Phi) is 4.28. The number of likely N-dealkylation sites (tertiary alicyclic amines) is 1. The molecule has 2 aromatic rings. The Labute approximate surface area is 153 Å². The first-order valence-corrected chi connectivity index (χ1v) is 9.11. The van der Waals surface area contributed by atoms with Gasteiger partial charge < -0.3 is 14.6 Å². The van der Waals surface area contributed by atoms with E-state index in [9.17, 15) is 9.90 Å². The Morgan fingerprint density at radius 1 is 1.27 bits per heavy atom. The molecule has 138 valence electrons. The summed E-state index contributed by atoms with van der Waals surface area (Å²) in [7, 11) is 1.90. The van der Waals surface area contributed by atoms with E-state index < -0.39 is 11.6 Å². The molecule has 0 radical (unpaired) electrons. The van der Waals surface area contributed by atoms with E-state index in [2.05, 4.69) is 26.9 Å². The molecule has 2 aliphatic heterocycles. The van der Waals surface area contributed by atoms with Crippen LogP contribution in [0.15, 0.2) is 30.3 Å². The van der Waals surface area contributed by atoms with Crippen LogP contribution in [-0.4, -0.2) is 67.4 Å². The summed E-state index contributed by atoms with van der Waals surface area (Å²) in [6, 6.07) is 10.2. The van der Waals surface area contributed by atoms with Crippen LogP contribution in [-0.2, 0) is 24.3 Å². The lowest BCUT2D eigenvalue weighted by Crippen LogP contribution is -2.54. The van der Waals surface area contributed by atoms with Crippen LogP contribution in [0, 0.1) is 0 Å². The summed E-state index contributed by atoms with van der Waals surface area (Å²) >= 11 is 0. The van der Waals surface area contributed by atoms with Gasteiger partial charge in [0.2, 0.25) is 5.91 Å². The molecule has 1 N–H and O–H groups in total. The molecule has 0 spiro atoms. The van der Waals surface area contributed by atoms with Crippen LogP contribution >= 0.6 is 0 Å². The van der Waals surface area contributed by atoms with Gasteiger partial charge in [-0.2, -0.15) is 0 Å². The minimum Gasteiger partial charge on any atom is -0.392 e. The maximum Gasteiger partial charge on any atom is 0.243 e. The van der Waals surface area contributed by atoms with Crippen molar-refractivity contribution < 1.29 is 9.90 Å². The lowest BCUT2D eigenvalue weighted by Gasteiger charge is -2.37. The molecule has 0 saturated carbocycles. The first-order valence-electron chi connectivity index (χ1n) is 9.11. The second-order valence-electron chi connectivity index (χ2n) is 7.59. The molecule has 2 unspecified atom stereocenters. The highest BCUT2D eigenvalue weighted by Crippen LogP contribution is 2.31. The molecule has 7 nitrogen and oxygen atoms in total. The fourth-order valence-electron chi connectivity index (χ4n) is 4.09. The van der Waals surface area contributed by atoms with Crippen LogP contribution < -0.4 is 0 Å². The molecule has 7 heteroatoms. The summed E-state index contributed by atoms with van der Waals surface area (Å²) in [6.07, 6.45) is 0.777. The topological polar surface area (TPSA) is 74.5 Å². The third-order valence-corrected chi connectivity index (χ3v) is 5.74. The number of aliphatic hydroxyl groups is 1. The van der Waals surface area contributed by atoms with E-state index in [4.69, 9.17) is 0 Å². The summed E-state index contributed by atoms with van der Waals surface area (Å²) in [5.74, 6) is 1.84. The minimum absolute atomic E-state index is 0.0652. The van der Waals surface area contributed by atoms with E-state index in [0.717, 1.165) is 18.1 Å². The predicted molar refractivity (Wildman–Crippen MR) is 96.3 cm³/mol. The number of carbonyl (C=O) groups excluding carboxylic acids is 1. The number of nitrogens with zero attached hydrogens (tertiary/aromatic N) is 5. The monoisotopic (exact) mass is 355 g/mol. The number of benzene rings is 1. The molecule has 1 amide bonds. The third kappa shape index (κ3) is 2.91. The number of hydrogen-bond donors (Lipinski definition) is 1. The number of β-amino-alcohol motifs (C(OH)–C–C–N with tert-alkyl or cyclic N) is 1. The summed E-state index contributed by atoms with van der Waals surface area (Å²) in [4.78, 5) is 16.9. The van der Waals surface area contributed by atoms with Crippen LogP contribution in [0.25, 0.3) is 0 Å². The number of amides is 1. The van der Waals surface area contributed by atoms with E-state index in [1.807, 2.05) is 42.0 Å². The maximum atomic E-state index is 13.1. The van der Waals surface area contributed by atoms with Gasteiger partial charge in [-0.1, -0.05) is 30.3 Å². The van der Waals surface area contributed by atoms with Gasteiger partial charge >= 0.3 is 0 Å². The van der Waals surface area contributed by atoms with Gasteiger partial charge in [0.1, 0.15) is 11.4 Å². The number of fused-ring (bicyclic) bond motifs is 1. The highest BCUT2D eigenvalue weighted by Gasteiger charge is 2.47. The van der Waals surface area contributed by atoms with E-state index in [1.54, 1.807) is 0 Å². The fourth-order valence-corrected chi connectivity index (χ4v) is 4.09. The highest BCUT2D eigenvalue weighted by molar-refractivity contribution is 5.86. The molecule has 1 saturated heterocycles. The quantitative estimate of drug-likeness (QED) is 0.876. The average Bonchev–Trinajstić information content (AvgIpc) is 3.15. The minimum atomic E-state index is -0.644. The molecule has 0 aliphatic carbocycles. The van der Waals surface area contributed by atoms with Crippen LogP contribution in [0.5, 0.6) is 0 Å². The summed E-state index contributed by atoms with van der Waals surface area (Å²) in [6.45, 7) is 4.28.